The summed E-state index contributed by atoms with van der Waals surface area (Å²) in [6.45, 7) is 1.88. The standard InChI is InChI=1S/C16H21NO3/c1-10-2-3-12(9-14(10)15(17)18)8-11-4-6-13(7-5-11)16(19)20/h2-3,9,11,13H,4-8H2,1H3,(H2,17,18)(H,19,20). The van der Waals surface area contributed by atoms with Crippen molar-refractivity contribution >= 4 is 11.9 Å². The summed E-state index contributed by atoms with van der Waals surface area (Å²) in [5.74, 6) is -0.729. The lowest BCUT2D eigenvalue weighted by atomic mass is 9.79. The molecular weight excluding hydrogens is 254 g/mol. The van der Waals surface area contributed by atoms with Gasteiger partial charge in [-0.3, -0.25) is 9.59 Å². The number of aliphatic carboxylic acids is 1. The van der Waals surface area contributed by atoms with E-state index in [4.69, 9.17) is 10.8 Å². The van der Waals surface area contributed by atoms with E-state index in [-0.39, 0.29) is 11.8 Å². The number of carboxylic acid groups (broad SMARTS) is 1. The van der Waals surface area contributed by atoms with Crippen LogP contribution in [0.5, 0.6) is 0 Å². The lowest BCUT2D eigenvalue weighted by molar-refractivity contribution is -0.143. The summed E-state index contributed by atoms with van der Waals surface area (Å²) in [4.78, 5) is 22.3. The smallest absolute Gasteiger partial charge is 0.306 e. The Balaban J connectivity index is 1.99. The largest absolute Gasteiger partial charge is 0.481 e. The molecule has 0 saturated heterocycles. The van der Waals surface area contributed by atoms with Crippen molar-refractivity contribution in [2.45, 2.75) is 39.0 Å². The third-order valence-corrected chi connectivity index (χ3v) is 4.29. The first-order chi connectivity index (χ1) is 9.47. The SMILES string of the molecule is Cc1ccc(CC2CCC(C(=O)O)CC2)cc1C(N)=O. The molecule has 1 fully saturated rings. The lowest BCUT2D eigenvalue weighted by Gasteiger charge is -2.26. The first-order valence-electron chi connectivity index (χ1n) is 7.09. The fourth-order valence-corrected chi connectivity index (χ4v) is 3.01. The van der Waals surface area contributed by atoms with Crippen molar-refractivity contribution in [3.8, 4) is 0 Å². The first-order valence-corrected chi connectivity index (χ1v) is 7.09. The van der Waals surface area contributed by atoms with Crippen LogP contribution in [0.1, 0.15) is 47.2 Å². The number of amides is 1. The predicted octanol–water partition coefficient (Wildman–Crippen LogP) is 2.53. The summed E-state index contributed by atoms with van der Waals surface area (Å²) in [5.41, 5.74) is 7.96. The van der Waals surface area contributed by atoms with Crippen LogP contribution < -0.4 is 5.73 Å². The van der Waals surface area contributed by atoms with Crippen molar-refractivity contribution in [3.05, 3.63) is 34.9 Å². The van der Waals surface area contributed by atoms with Crippen molar-refractivity contribution < 1.29 is 14.7 Å². The molecule has 1 amide bonds. The second-order valence-electron chi connectivity index (χ2n) is 5.77. The van der Waals surface area contributed by atoms with Gasteiger partial charge in [0.05, 0.1) is 5.92 Å². The minimum Gasteiger partial charge on any atom is -0.481 e. The van der Waals surface area contributed by atoms with Crippen LogP contribution in [-0.4, -0.2) is 17.0 Å². The van der Waals surface area contributed by atoms with E-state index in [0.717, 1.165) is 43.2 Å². The van der Waals surface area contributed by atoms with Gasteiger partial charge < -0.3 is 10.8 Å². The Bertz CT molecular complexity index is 516. The molecule has 0 radical (unpaired) electrons. The number of carboxylic acids is 1. The Morgan fingerprint density at radius 3 is 2.45 bits per heavy atom. The summed E-state index contributed by atoms with van der Waals surface area (Å²) in [6, 6.07) is 5.84. The fourth-order valence-electron chi connectivity index (χ4n) is 3.01. The maximum atomic E-state index is 11.3. The topological polar surface area (TPSA) is 80.4 Å². The van der Waals surface area contributed by atoms with E-state index in [1.807, 2.05) is 25.1 Å². The van der Waals surface area contributed by atoms with Gasteiger partial charge in [0.2, 0.25) is 5.91 Å². The molecule has 0 atom stereocenters. The number of carbonyl (C=O) groups excluding carboxylic acids is 1. The zero-order chi connectivity index (χ0) is 14.7. The second kappa shape index (κ2) is 6.07. The molecule has 3 N–H and O–H groups in total. The van der Waals surface area contributed by atoms with Crippen LogP contribution in [0.4, 0.5) is 0 Å². The average molecular weight is 275 g/mol. The normalized spacial score (nSPS) is 22.4. The minimum absolute atomic E-state index is 0.176. The summed E-state index contributed by atoms with van der Waals surface area (Å²) >= 11 is 0. The van der Waals surface area contributed by atoms with Gasteiger partial charge in [-0.1, -0.05) is 12.1 Å². The van der Waals surface area contributed by atoms with E-state index in [2.05, 4.69) is 0 Å². The zero-order valence-electron chi connectivity index (χ0n) is 11.8. The van der Waals surface area contributed by atoms with Gasteiger partial charge in [-0.2, -0.15) is 0 Å². The molecule has 1 aromatic rings. The maximum Gasteiger partial charge on any atom is 0.306 e. The molecule has 1 saturated carbocycles. The summed E-state index contributed by atoms with van der Waals surface area (Å²) in [5, 5.41) is 8.99. The molecule has 1 aliphatic rings. The van der Waals surface area contributed by atoms with Crippen LogP contribution in [0.3, 0.4) is 0 Å². The average Bonchev–Trinajstić information content (AvgIpc) is 2.41. The Hall–Kier alpha value is -1.84. The maximum absolute atomic E-state index is 11.3. The molecule has 108 valence electrons. The molecule has 0 aromatic heterocycles. The highest BCUT2D eigenvalue weighted by Crippen LogP contribution is 2.31. The van der Waals surface area contributed by atoms with Gasteiger partial charge in [0.25, 0.3) is 0 Å². The summed E-state index contributed by atoms with van der Waals surface area (Å²) in [7, 11) is 0. The van der Waals surface area contributed by atoms with Gasteiger partial charge in [0, 0.05) is 5.56 Å². The lowest BCUT2D eigenvalue weighted by Crippen LogP contribution is -2.22. The number of primary amides is 1. The van der Waals surface area contributed by atoms with Crippen molar-refractivity contribution in [1.82, 2.24) is 0 Å². The van der Waals surface area contributed by atoms with E-state index in [1.165, 1.54) is 0 Å². The van der Waals surface area contributed by atoms with Gasteiger partial charge in [0.15, 0.2) is 0 Å². The summed E-state index contributed by atoms with van der Waals surface area (Å²) < 4.78 is 0. The van der Waals surface area contributed by atoms with E-state index in [0.29, 0.717) is 11.5 Å². The number of hydrogen-bond donors (Lipinski definition) is 2. The molecule has 1 aromatic carbocycles. The van der Waals surface area contributed by atoms with Crippen LogP contribution in [0.25, 0.3) is 0 Å². The molecule has 20 heavy (non-hydrogen) atoms. The van der Waals surface area contributed by atoms with E-state index >= 15 is 0 Å². The first kappa shape index (κ1) is 14.6. The number of nitrogens with two attached hydrogens (primary N) is 1. The van der Waals surface area contributed by atoms with Gasteiger partial charge in [-0.05, 0) is 62.1 Å². The van der Waals surface area contributed by atoms with Crippen LogP contribution in [0.15, 0.2) is 18.2 Å². The third-order valence-electron chi connectivity index (χ3n) is 4.29. The number of aryl methyl sites for hydroxylation is 1. The molecule has 2 rings (SSSR count). The molecular formula is C16H21NO3. The minimum atomic E-state index is -0.671. The van der Waals surface area contributed by atoms with Crippen LogP contribution in [0.2, 0.25) is 0 Å². The van der Waals surface area contributed by atoms with E-state index in [1.54, 1.807) is 0 Å². The van der Waals surface area contributed by atoms with Crippen LogP contribution in [0, 0.1) is 18.8 Å². The number of carbonyl (C=O) groups is 2. The highest BCUT2D eigenvalue weighted by Gasteiger charge is 2.26. The fraction of sp³-hybridized carbons (Fsp3) is 0.500. The van der Waals surface area contributed by atoms with Gasteiger partial charge >= 0.3 is 5.97 Å². The molecule has 4 nitrogen and oxygen atoms in total. The zero-order valence-corrected chi connectivity index (χ0v) is 11.8. The summed E-state index contributed by atoms with van der Waals surface area (Å²) in [6.07, 6.45) is 4.30. The highest BCUT2D eigenvalue weighted by molar-refractivity contribution is 5.94. The number of benzene rings is 1. The van der Waals surface area contributed by atoms with Gasteiger partial charge in [0.1, 0.15) is 0 Å². The third kappa shape index (κ3) is 3.38. The van der Waals surface area contributed by atoms with Crippen molar-refractivity contribution in [1.29, 1.82) is 0 Å². The van der Waals surface area contributed by atoms with Crippen molar-refractivity contribution in [2.75, 3.05) is 0 Å². The molecule has 0 spiro atoms. The number of rotatable bonds is 4. The predicted molar refractivity (Wildman–Crippen MR) is 76.5 cm³/mol. The number of hydrogen-bond acceptors (Lipinski definition) is 2. The van der Waals surface area contributed by atoms with Crippen molar-refractivity contribution in [2.24, 2.45) is 17.6 Å². The Kier molecular flexibility index (Phi) is 4.42. The Labute approximate surface area is 119 Å². The molecule has 4 heteroatoms. The van der Waals surface area contributed by atoms with Crippen LogP contribution in [-0.2, 0) is 11.2 Å². The molecule has 1 aliphatic carbocycles. The van der Waals surface area contributed by atoms with Crippen LogP contribution >= 0.6 is 0 Å². The Morgan fingerprint density at radius 2 is 1.90 bits per heavy atom. The second-order valence-corrected chi connectivity index (χ2v) is 5.77. The molecule has 0 bridgehead atoms. The van der Waals surface area contributed by atoms with E-state index in [9.17, 15) is 9.59 Å². The molecule has 0 heterocycles. The highest BCUT2D eigenvalue weighted by atomic mass is 16.4. The molecule has 0 aliphatic heterocycles. The quantitative estimate of drug-likeness (QED) is 0.886. The Morgan fingerprint density at radius 1 is 1.25 bits per heavy atom. The van der Waals surface area contributed by atoms with Gasteiger partial charge in [-0.25, -0.2) is 0 Å². The van der Waals surface area contributed by atoms with Crippen molar-refractivity contribution in [3.63, 3.8) is 0 Å². The molecule has 0 unspecified atom stereocenters. The van der Waals surface area contributed by atoms with E-state index < -0.39 is 5.97 Å². The van der Waals surface area contributed by atoms with Gasteiger partial charge in [-0.15, -0.1) is 0 Å². The monoisotopic (exact) mass is 275 g/mol.